The molecule has 5 nitrogen and oxygen atoms in total. The van der Waals surface area contributed by atoms with Crippen LogP contribution in [0.4, 0.5) is 13.2 Å². The summed E-state index contributed by atoms with van der Waals surface area (Å²) in [5, 5.41) is 2.99. The van der Waals surface area contributed by atoms with Crippen molar-refractivity contribution in [1.29, 1.82) is 0 Å². The average molecular weight is 283 g/mol. The Labute approximate surface area is 102 Å². The summed E-state index contributed by atoms with van der Waals surface area (Å²) in [5.41, 5.74) is -0.979. The van der Waals surface area contributed by atoms with Crippen molar-refractivity contribution in [1.82, 2.24) is 14.5 Å². The molecule has 0 saturated heterocycles. The molecule has 1 aliphatic rings. The zero-order chi connectivity index (χ0) is 13.4. The van der Waals surface area contributed by atoms with E-state index < -0.39 is 21.9 Å². The fourth-order valence-electron chi connectivity index (χ4n) is 1.44. The molecule has 0 unspecified atom stereocenters. The van der Waals surface area contributed by atoms with Crippen LogP contribution in [0.2, 0.25) is 0 Å². The van der Waals surface area contributed by atoms with E-state index in [0.29, 0.717) is 12.8 Å². The Hall–Kier alpha value is -1.09. The van der Waals surface area contributed by atoms with E-state index in [9.17, 15) is 21.6 Å². The highest BCUT2D eigenvalue weighted by Gasteiger charge is 2.35. The molecule has 1 fully saturated rings. The average Bonchev–Trinajstić information content (AvgIpc) is 2.98. The van der Waals surface area contributed by atoms with Gasteiger partial charge in [-0.05, 0) is 18.9 Å². The molecule has 0 aromatic carbocycles. The van der Waals surface area contributed by atoms with Gasteiger partial charge in [0.1, 0.15) is 0 Å². The summed E-state index contributed by atoms with van der Waals surface area (Å²) in [6, 6.07) is 0.857. The first-order chi connectivity index (χ1) is 8.29. The van der Waals surface area contributed by atoms with Gasteiger partial charge in [-0.15, -0.1) is 0 Å². The highest BCUT2D eigenvalue weighted by molar-refractivity contribution is 7.90. The van der Waals surface area contributed by atoms with Crippen LogP contribution in [0.3, 0.4) is 0 Å². The second-order valence-corrected chi connectivity index (χ2v) is 6.15. The Morgan fingerprint density at radius 3 is 2.61 bits per heavy atom. The first kappa shape index (κ1) is 13.3. The molecule has 1 aromatic rings. The molecule has 1 heterocycles. The zero-order valence-electron chi connectivity index (χ0n) is 9.31. The molecule has 1 N–H and O–H groups in total. The highest BCUT2D eigenvalue weighted by atomic mass is 32.2. The van der Waals surface area contributed by atoms with Crippen molar-refractivity contribution in [3.63, 3.8) is 0 Å². The first-order valence-corrected chi connectivity index (χ1v) is 6.93. The number of sulfonamides is 1. The molecule has 2 rings (SSSR count). The molecule has 0 atom stereocenters. The van der Waals surface area contributed by atoms with Crippen LogP contribution < -0.4 is 4.72 Å². The Morgan fingerprint density at radius 2 is 2.11 bits per heavy atom. The lowest BCUT2D eigenvalue weighted by atomic mass is 10.4. The standard InChI is InChI=1S/C9H12F3N3O2S/c10-9(11,12)8-3-5-15(14-8)6-4-13-18(16,17)7-1-2-7/h3,5,7,13H,1-2,4,6H2. The van der Waals surface area contributed by atoms with Gasteiger partial charge in [0.2, 0.25) is 10.0 Å². The summed E-state index contributed by atoms with van der Waals surface area (Å²) < 4.78 is 63.0. The van der Waals surface area contributed by atoms with Crippen molar-refractivity contribution in [2.45, 2.75) is 30.8 Å². The first-order valence-electron chi connectivity index (χ1n) is 5.38. The maximum absolute atomic E-state index is 12.2. The van der Waals surface area contributed by atoms with E-state index in [1.807, 2.05) is 0 Å². The molecular weight excluding hydrogens is 271 g/mol. The van der Waals surface area contributed by atoms with Crippen molar-refractivity contribution in [3.8, 4) is 0 Å². The molecule has 1 aliphatic carbocycles. The Kier molecular flexibility index (Phi) is 3.37. The van der Waals surface area contributed by atoms with E-state index in [1.165, 1.54) is 6.20 Å². The number of alkyl halides is 3. The SMILES string of the molecule is O=S(=O)(NCCn1ccc(C(F)(F)F)n1)C1CC1. The van der Waals surface area contributed by atoms with Gasteiger partial charge in [0.15, 0.2) is 5.69 Å². The predicted molar refractivity (Wildman–Crippen MR) is 57.2 cm³/mol. The molecular formula is C9H12F3N3O2S. The van der Waals surface area contributed by atoms with Crippen molar-refractivity contribution in [2.75, 3.05) is 6.54 Å². The lowest BCUT2D eigenvalue weighted by Crippen LogP contribution is -2.30. The monoisotopic (exact) mass is 283 g/mol. The van der Waals surface area contributed by atoms with Gasteiger partial charge in [0.25, 0.3) is 0 Å². The van der Waals surface area contributed by atoms with E-state index in [1.54, 1.807) is 0 Å². The molecule has 18 heavy (non-hydrogen) atoms. The third-order valence-electron chi connectivity index (χ3n) is 2.54. The molecule has 0 aliphatic heterocycles. The van der Waals surface area contributed by atoms with Crippen molar-refractivity contribution in [3.05, 3.63) is 18.0 Å². The summed E-state index contributed by atoms with van der Waals surface area (Å²) >= 11 is 0. The maximum atomic E-state index is 12.2. The van der Waals surface area contributed by atoms with Crippen molar-refractivity contribution in [2.24, 2.45) is 0 Å². The smallest absolute Gasteiger partial charge is 0.271 e. The summed E-state index contributed by atoms with van der Waals surface area (Å²) in [4.78, 5) is 0. The summed E-state index contributed by atoms with van der Waals surface area (Å²) in [6.45, 7) is 0.111. The number of rotatable bonds is 5. The van der Waals surface area contributed by atoms with Gasteiger partial charge >= 0.3 is 6.18 Å². The van der Waals surface area contributed by atoms with Crippen LogP contribution >= 0.6 is 0 Å². The van der Waals surface area contributed by atoms with E-state index in [0.717, 1.165) is 10.7 Å². The van der Waals surface area contributed by atoms with Crippen molar-refractivity contribution >= 4 is 10.0 Å². The summed E-state index contributed by atoms with van der Waals surface area (Å²) in [6.07, 6.45) is -2.00. The Bertz CT molecular complexity index is 519. The van der Waals surface area contributed by atoms with E-state index >= 15 is 0 Å². The van der Waals surface area contributed by atoms with E-state index in [2.05, 4.69) is 9.82 Å². The molecule has 0 bridgehead atoms. The van der Waals surface area contributed by atoms with Gasteiger partial charge in [-0.2, -0.15) is 18.3 Å². The predicted octanol–water partition coefficient (Wildman–Crippen LogP) is 0.984. The lowest BCUT2D eigenvalue weighted by molar-refractivity contribution is -0.141. The van der Waals surface area contributed by atoms with Crippen LogP contribution in [0.25, 0.3) is 0 Å². The molecule has 9 heteroatoms. The van der Waals surface area contributed by atoms with E-state index in [-0.39, 0.29) is 18.3 Å². The number of hydrogen-bond acceptors (Lipinski definition) is 3. The Morgan fingerprint density at radius 1 is 1.44 bits per heavy atom. The van der Waals surface area contributed by atoms with Crippen LogP contribution in [0, 0.1) is 0 Å². The fraction of sp³-hybridized carbons (Fsp3) is 0.667. The second-order valence-electron chi connectivity index (χ2n) is 4.10. The van der Waals surface area contributed by atoms with Gasteiger partial charge in [-0.1, -0.05) is 0 Å². The van der Waals surface area contributed by atoms with Gasteiger partial charge in [0, 0.05) is 12.7 Å². The Balaban J connectivity index is 1.85. The zero-order valence-corrected chi connectivity index (χ0v) is 10.1. The van der Waals surface area contributed by atoms with E-state index in [4.69, 9.17) is 0 Å². The lowest BCUT2D eigenvalue weighted by Gasteiger charge is -2.05. The molecule has 1 aromatic heterocycles. The minimum atomic E-state index is -4.47. The fourth-order valence-corrected chi connectivity index (χ4v) is 2.80. The summed E-state index contributed by atoms with van der Waals surface area (Å²) in [7, 11) is -3.29. The number of nitrogens with zero attached hydrogens (tertiary/aromatic N) is 2. The van der Waals surface area contributed by atoms with Crippen LogP contribution in [-0.2, 0) is 22.7 Å². The van der Waals surface area contributed by atoms with Gasteiger partial charge in [-0.3, -0.25) is 4.68 Å². The molecule has 102 valence electrons. The second kappa shape index (κ2) is 4.54. The number of hydrogen-bond donors (Lipinski definition) is 1. The highest BCUT2D eigenvalue weighted by Crippen LogP contribution is 2.28. The maximum Gasteiger partial charge on any atom is 0.435 e. The number of halogens is 3. The third kappa shape index (κ3) is 3.22. The minimum absolute atomic E-state index is 0.0395. The van der Waals surface area contributed by atoms with Crippen LogP contribution in [-0.4, -0.2) is 30.0 Å². The topological polar surface area (TPSA) is 64.0 Å². The third-order valence-corrected chi connectivity index (χ3v) is 4.49. The summed E-state index contributed by atoms with van der Waals surface area (Å²) in [5.74, 6) is 0. The molecule has 0 radical (unpaired) electrons. The van der Waals surface area contributed by atoms with Gasteiger partial charge in [-0.25, -0.2) is 13.1 Å². The number of aromatic nitrogens is 2. The van der Waals surface area contributed by atoms with Crippen molar-refractivity contribution < 1.29 is 21.6 Å². The van der Waals surface area contributed by atoms with Crippen LogP contribution in [0.5, 0.6) is 0 Å². The molecule has 1 saturated carbocycles. The number of nitrogens with one attached hydrogen (secondary N) is 1. The molecule has 0 spiro atoms. The normalized spacial score (nSPS) is 17.1. The minimum Gasteiger partial charge on any atom is -0.271 e. The van der Waals surface area contributed by atoms with Crippen LogP contribution in [0.15, 0.2) is 12.3 Å². The van der Waals surface area contributed by atoms with Gasteiger partial charge < -0.3 is 0 Å². The van der Waals surface area contributed by atoms with Gasteiger partial charge in [0.05, 0.1) is 11.8 Å². The molecule has 0 amide bonds. The largest absolute Gasteiger partial charge is 0.435 e. The van der Waals surface area contributed by atoms with Crippen LogP contribution in [0.1, 0.15) is 18.5 Å². The quantitative estimate of drug-likeness (QED) is 0.876.